The van der Waals surface area contributed by atoms with Crippen LogP contribution >= 0.6 is 0 Å². The third kappa shape index (κ3) is 4.17. The second-order valence-electron chi connectivity index (χ2n) is 5.06. The molecule has 0 aromatic carbocycles. The molecule has 0 aliphatic carbocycles. The highest BCUT2D eigenvalue weighted by Crippen LogP contribution is 2.25. The fraction of sp³-hybridized carbons (Fsp3) is 0.923. The highest BCUT2D eigenvalue weighted by atomic mass is 16.6. The molecule has 0 bridgehead atoms. The Morgan fingerprint density at radius 2 is 2.00 bits per heavy atom. The number of ether oxygens (including phenoxy) is 5. The maximum atomic E-state index is 12.1. The van der Waals surface area contributed by atoms with Gasteiger partial charge in [0.25, 0.3) is 0 Å². The van der Waals surface area contributed by atoms with Crippen molar-refractivity contribution < 1.29 is 28.5 Å². The Morgan fingerprint density at radius 1 is 1.29 bits per heavy atom. The number of nitrogens with zero attached hydrogens (tertiary/aromatic N) is 1. The van der Waals surface area contributed by atoms with Gasteiger partial charge in [0.1, 0.15) is 32.8 Å². The monoisotopic (exact) mass is 299 g/mol. The van der Waals surface area contributed by atoms with Crippen LogP contribution in [0.5, 0.6) is 0 Å². The van der Waals surface area contributed by atoms with E-state index in [1.165, 1.54) is 0 Å². The molecule has 0 aromatic rings. The van der Waals surface area contributed by atoms with E-state index in [0.717, 1.165) is 0 Å². The average molecular weight is 299 g/mol. The van der Waals surface area contributed by atoms with Crippen molar-refractivity contribution in [2.45, 2.75) is 24.3 Å². The van der Waals surface area contributed by atoms with E-state index in [1.807, 2.05) is 0 Å². The van der Waals surface area contributed by atoms with Crippen LogP contribution in [-0.4, -0.2) is 96.7 Å². The van der Waals surface area contributed by atoms with Crippen molar-refractivity contribution in [3.63, 3.8) is 0 Å². The Kier molecular flexibility index (Phi) is 6.44. The SMILES string of the molecule is [B][C@@H]1O[C@H](COC)C(OC)[C@@H]1OCC(=O)N1CCOCC1. The zero-order valence-electron chi connectivity index (χ0n) is 12.5. The average Bonchev–Trinajstić information content (AvgIpc) is 2.81. The molecule has 7 nitrogen and oxygen atoms in total. The summed E-state index contributed by atoms with van der Waals surface area (Å²) in [4.78, 5) is 13.8. The van der Waals surface area contributed by atoms with Crippen LogP contribution in [0.3, 0.4) is 0 Å². The lowest BCUT2D eigenvalue weighted by atomic mass is 9.93. The smallest absolute Gasteiger partial charge is 0.248 e. The lowest BCUT2D eigenvalue weighted by Gasteiger charge is -2.28. The molecule has 2 heterocycles. The highest BCUT2D eigenvalue weighted by molar-refractivity contribution is 6.11. The lowest BCUT2D eigenvalue weighted by Crippen LogP contribution is -2.45. The molecule has 2 fully saturated rings. The number of methoxy groups -OCH3 is 2. The zero-order chi connectivity index (χ0) is 15.2. The molecule has 1 amide bonds. The maximum absolute atomic E-state index is 12.1. The molecule has 118 valence electrons. The summed E-state index contributed by atoms with van der Waals surface area (Å²) >= 11 is 0. The number of hydrogen-bond acceptors (Lipinski definition) is 6. The number of amides is 1. The van der Waals surface area contributed by atoms with Gasteiger partial charge in [-0.3, -0.25) is 4.79 Å². The summed E-state index contributed by atoms with van der Waals surface area (Å²) in [5, 5.41) is 0. The first kappa shape index (κ1) is 16.7. The van der Waals surface area contributed by atoms with Crippen LogP contribution in [0.25, 0.3) is 0 Å². The first-order chi connectivity index (χ1) is 10.2. The van der Waals surface area contributed by atoms with Crippen molar-refractivity contribution in [3.05, 3.63) is 0 Å². The zero-order valence-corrected chi connectivity index (χ0v) is 12.5. The van der Waals surface area contributed by atoms with Gasteiger partial charge in [-0.2, -0.15) is 0 Å². The quantitative estimate of drug-likeness (QED) is 0.573. The van der Waals surface area contributed by atoms with Crippen molar-refractivity contribution in [2.75, 3.05) is 53.7 Å². The molecular formula is C13H22BNO6. The van der Waals surface area contributed by atoms with Gasteiger partial charge in [-0.15, -0.1) is 0 Å². The minimum Gasteiger partial charge on any atom is -0.382 e. The van der Waals surface area contributed by atoms with Crippen LogP contribution in [0.4, 0.5) is 0 Å². The molecule has 0 N–H and O–H groups in total. The Bertz CT molecular complexity index is 339. The van der Waals surface area contributed by atoms with E-state index in [1.54, 1.807) is 19.1 Å². The molecule has 8 heteroatoms. The third-order valence-corrected chi connectivity index (χ3v) is 3.71. The van der Waals surface area contributed by atoms with Crippen molar-refractivity contribution in [3.8, 4) is 0 Å². The fourth-order valence-corrected chi connectivity index (χ4v) is 2.60. The van der Waals surface area contributed by atoms with Gasteiger partial charge in [-0.25, -0.2) is 0 Å². The summed E-state index contributed by atoms with van der Waals surface area (Å²) < 4.78 is 26.9. The van der Waals surface area contributed by atoms with E-state index in [4.69, 9.17) is 31.5 Å². The maximum Gasteiger partial charge on any atom is 0.248 e. The molecular weight excluding hydrogens is 277 g/mol. The minimum absolute atomic E-state index is 0.0404. The topological polar surface area (TPSA) is 66.5 Å². The molecule has 21 heavy (non-hydrogen) atoms. The first-order valence-corrected chi connectivity index (χ1v) is 7.07. The van der Waals surface area contributed by atoms with Gasteiger partial charge in [0, 0.05) is 33.3 Å². The molecule has 2 aliphatic rings. The molecule has 0 aromatic heterocycles. The van der Waals surface area contributed by atoms with Gasteiger partial charge < -0.3 is 28.6 Å². The van der Waals surface area contributed by atoms with Gasteiger partial charge in [-0.05, 0) is 0 Å². The van der Waals surface area contributed by atoms with Crippen LogP contribution in [0.15, 0.2) is 0 Å². The van der Waals surface area contributed by atoms with Crippen LogP contribution < -0.4 is 0 Å². The molecule has 0 saturated carbocycles. The van der Waals surface area contributed by atoms with Gasteiger partial charge in [-0.1, -0.05) is 0 Å². The summed E-state index contributed by atoms with van der Waals surface area (Å²) in [6, 6.07) is -0.632. The number of rotatable bonds is 6. The minimum atomic E-state index is -0.632. The largest absolute Gasteiger partial charge is 0.382 e. The number of carbonyl (C=O) groups is 1. The Morgan fingerprint density at radius 3 is 2.62 bits per heavy atom. The summed E-state index contributed by atoms with van der Waals surface area (Å²) in [7, 11) is 9.05. The number of morpholine rings is 1. The number of carbonyl (C=O) groups excluding carboxylic acids is 1. The molecule has 0 spiro atoms. The molecule has 2 saturated heterocycles. The van der Waals surface area contributed by atoms with E-state index in [2.05, 4.69) is 0 Å². The van der Waals surface area contributed by atoms with E-state index < -0.39 is 12.1 Å². The Labute approximate surface area is 126 Å². The second-order valence-corrected chi connectivity index (χ2v) is 5.06. The van der Waals surface area contributed by atoms with E-state index in [9.17, 15) is 4.79 Å². The van der Waals surface area contributed by atoms with Gasteiger partial charge in [0.05, 0.1) is 19.8 Å². The van der Waals surface area contributed by atoms with E-state index in [0.29, 0.717) is 32.9 Å². The van der Waals surface area contributed by atoms with Gasteiger partial charge >= 0.3 is 0 Å². The molecule has 2 radical (unpaired) electrons. The predicted molar refractivity (Wildman–Crippen MR) is 74.2 cm³/mol. The van der Waals surface area contributed by atoms with E-state index in [-0.39, 0.29) is 24.7 Å². The Hall–Kier alpha value is -0.665. The summed E-state index contributed by atoms with van der Waals surface area (Å²) in [6.45, 7) is 2.64. The lowest BCUT2D eigenvalue weighted by molar-refractivity contribution is -0.144. The second kappa shape index (κ2) is 8.10. The van der Waals surface area contributed by atoms with Crippen LogP contribution in [0.1, 0.15) is 0 Å². The Balaban J connectivity index is 1.84. The fourth-order valence-electron chi connectivity index (χ4n) is 2.60. The van der Waals surface area contributed by atoms with E-state index >= 15 is 0 Å². The standard InChI is InChI=1S/C13H22BNO6/c1-17-7-9-11(18-2)12(13(14)21-9)20-8-10(16)15-3-5-19-6-4-15/h9,11-13H,3-8H2,1-2H3/t9-,11?,12+,13-/m1/s1. The number of hydrogen-bond donors (Lipinski definition) is 0. The normalized spacial score (nSPS) is 33.3. The molecule has 2 aliphatic heterocycles. The molecule has 4 atom stereocenters. The van der Waals surface area contributed by atoms with Crippen molar-refractivity contribution in [2.24, 2.45) is 0 Å². The summed E-state index contributed by atoms with van der Waals surface area (Å²) in [5.41, 5.74) is 0. The first-order valence-electron chi connectivity index (χ1n) is 7.07. The summed E-state index contributed by atoms with van der Waals surface area (Å²) in [5.74, 6) is -0.0736. The van der Waals surface area contributed by atoms with Crippen molar-refractivity contribution >= 4 is 13.8 Å². The van der Waals surface area contributed by atoms with Gasteiger partial charge in [0.15, 0.2) is 0 Å². The summed E-state index contributed by atoms with van der Waals surface area (Å²) in [6.07, 6.45) is -1.13. The van der Waals surface area contributed by atoms with Crippen molar-refractivity contribution in [1.82, 2.24) is 4.90 Å². The molecule has 1 unspecified atom stereocenters. The highest BCUT2D eigenvalue weighted by Gasteiger charge is 2.43. The van der Waals surface area contributed by atoms with Crippen LogP contribution in [-0.2, 0) is 28.5 Å². The van der Waals surface area contributed by atoms with Crippen LogP contribution in [0, 0.1) is 0 Å². The van der Waals surface area contributed by atoms with Gasteiger partial charge in [0.2, 0.25) is 5.91 Å². The van der Waals surface area contributed by atoms with Crippen LogP contribution in [0.2, 0.25) is 0 Å². The molecule has 2 rings (SSSR count). The third-order valence-electron chi connectivity index (χ3n) is 3.71. The van der Waals surface area contributed by atoms with Crippen molar-refractivity contribution in [1.29, 1.82) is 0 Å². The predicted octanol–water partition coefficient (Wildman–Crippen LogP) is -1.21.